The summed E-state index contributed by atoms with van der Waals surface area (Å²) in [7, 11) is 0. The zero-order chi connectivity index (χ0) is 15.8. The summed E-state index contributed by atoms with van der Waals surface area (Å²) in [6.07, 6.45) is 2.46. The third-order valence-corrected chi connectivity index (χ3v) is 5.93. The first-order valence-corrected chi connectivity index (χ1v) is 9.10. The van der Waals surface area contributed by atoms with E-state index in [1.807, 2.05) is 17.9 Å². The zero-order valence-electron chi connectivity index (χ0n) is 13.4. The number of anilines is 1. The highest BCUT2D eigenvalue weighted by molar-refractivity contribution is 7.13. The van der Waals surface area contributed by atoms with Gasteiger partial charge in [-0.2, -0.15) is 0 Å². The van der Waals surface area contributed by atoms with Crippen molar-refractivity contribution in [3.63, 3.8) is 0 Å². The fraction of sp³-hybridized carbons (Fsp3) is 0.444. The van der Waals surface area contributed by atoms with Crippen molar-refractivity contribution in [2.45, 2.75) is 25.7 Å². The van der Waals surface area contributed by atoms with Gasteiger partial charge in [0.25, 0.3) is 5.91 Å². The molecule has 0 radical (unpaired) electrons. The van der Waals surface area contributed by atoms with Gasteiger partial charge < -0.3 is 9.80 Å². The predicted octanol–water partition coefficient (Wildman–Crippen LogP) is 3.29. The van der Waals surface area contributed by atoms with Gasteiger partial charge in [-0.25, -0.2) is 4.98 Å². The summed E-state index contributed by atoms with van der Waals surface area (Å²) >= 11 is 1.61. The summed E-state index contributed by atoms with van der Waals surface area (Å²) < 4.78 is 0. The minimum atomic E-state index is 0.166. The highest BCUT2D eigenvalue weighted by Gasteiger charge is 2.31. The minimum absolute atomic E-state index is 0.166. The number of rotatable bonds is 3. The number of aromatic nitrogens is 1. The number of nitrogens with zero attached hydrogens (tertiary/aromatic N) is 3. The van der Waals surface area contributed by atoms with Gasteiger partial charge in [-0.3, -0.25) is 4.79 Å². The van der Waals surface area contributed by atoms with Gasteiger partial charge in [-0.1, -0.05) is 18.2 Å². The maximum absolute atomic E-state index is 12.8. The number of amides is 1. The van der Waals surface area contributed by atoms with Crippen LogP contribution in [0.25, 0.3) is 0 Å². The molecule has 5 heteroatoms. The van der Waals surface area contributed by atoms with Crippen LogP contribution in [0, 0.1) is 6.92 Å². The van der Waals surface area contributed by atoms with Crippen LogP contribution in [0.1, 0.15) is 39.1 Å². The van der Waals surface area contributed by atoms with Gasteiger partial charge in [0.15, 0.2) is 0 Å². The van der Waals surface area contributed by atoms with E-state index in [0.29, 0.717) is 5.92 Å². The van der Waals surface area contributed by atoms with Gasteiger partial charge in [-0.05, 0) is 31.9 Å². The van der Waals surface area contributed by atoms with Gasteiger partial charge in [0.1, 0.15) is 4.88 Å². The molecule has 2 aliphatic rings. The first-order chi connectivity index (χ1) is 11.2. The molecule has 0 atom stereocenters. The van der Waals surface area contributed by atoms with Crippen molar-refractivity contribution in [2.75, 3.05) is 31.1 Å². The Morgan fingerprint density at radius 2 is 1.83 bits per heavy atom. The van der Waals surface area contributed by atoms with Crippen molar-refractivity contribution in [1.82, 2.24) is 9.88 Å². The average molecular weight is 327 g/mol. The molecule has 120 valence electrons. The lowest BCUT2D eigenvalue weighted by molar-refractivity contribution is 0.0750. The Morgan fingerprint density at radius 3 is 2.48 bits per heavy atom. The normalized spacial score (nSPS) is 18.3. The van der Waals surface area contributed by atoms with E-state index in [2.05, 4.69) is 34.1 Å². The van der Waals surface area contributed by atoms with E-state index in [-0.39, 0.29) is 5.91 Å². The Morgan fingerprint density at radius 1 is 1.13 bits per heavy atom. The molecule has 0 N–H and O–H groups in total. The molecule has 0 spiro atoms. The fourth-order valence-corrected chi connectivity index (χ4v) is 4.27. The summed E-state index contributed by atoms with van der Waals surface area (Å²) in [5.74, 6) is 0.787. The number of thiazole rings is 1. The Kier molecular flexibility index (Phi) is 3.81. The van der Waals surface area contributed by atoms with E-state index < -0.39 is 0 Å². The van der Waals surface area contributed by atoms with Crippen LogP contribution in [-0.4, -0.2) is 42.0 Å². The molecule has 1 aromatic heterocycles. The van der Waals surface area contributed by atoms with Gasteiger partial charge >= 0.3 is 0 Å². The number of piperazine rings is 1. The summed E-state index contributed by atoms with van der Waals surface area (Å²) in [6, 6.07) is 10.4. The molecule has 0 unspecified atom stereocenters. The third kappa shape index (κ3) is 2.98. The number of carbonyl (C=O) groups is 1. The van der Waals surface area contributed by atoms with Crippen molar-refractivity contribution < 1.29 is 4.79 Å². The molecule has 1 amide bonds. The molecule has 0 bridgehead atoms. The summed E-state index contributed by atoms with van der Waals surface area (Å²) in [6.45, 7) is 5.32. The van der Waals surface area contributed by atoms with Crippen LogP contribution < -0.4 is 4.90 Å². The van der Waals surface area contributed by atoms with E-state index in [9.17, 15) is 4.79 Å². The Hall–Kier alpha value is -1.88. The molecule has 4 nitrogen and oxygen atoms in total. The van der Waals surface area contributed by atoms with Gasteiger partial charge in [-0.15, -0.1) is 11.3 Å². The van der Waals surface area contributed by atoms with Gasteiger partial charge in [0.05, 0.1) is 10.7 Å². The van der Waals surface area contributed by atoms with Crippen molar-refractivity contribution >= 4 is 22.9 Å². The Bertz CT molecular complexity index is 700. The van der Waals surface area contributed by atoms with Crippen molar-refractivity contribution in [3.8, 4) is 0 Å². The van der Waals surface area contributed by atoms with E-state index in [4.69, 9.17) is 0 Å². The molecule has 2 fully saturated rings. The van der Waals surface area contributed by atoms with Crippen LogP contribution in [0.5, 0.6) is 0 Å². The highest BCUT2D eigenvalue weighted by Crippen LogP contribution is 2.42. The quantitative estimate of drug-likeness (QED) is 0.868. The second-order valence-electron chi connectivity index (χ2n) is 6.36. The van der Waals surface area contributed by atoms with Gasteiger partial charge in [0.2, 0.25) is 0 Å². The molecule has 2 aromatic rings. The molecule has 23 heavy (non-hydrogen) atoms. The van der Waals surface area contributed by atoms with Crippen LogP contribution in [-0.2, 0) is 0 Å². The molecule has 1 aliphatic heterocycles. The number of para-hydroxylation sites is 1. The van der Waals surface area contributed by atoms with Crippen LogP contribution in [0.2, 0.25) is 0 Å². The molecule has 1 saturated heterocycles. The molecule has 1 saturated carbocycles. The number of hydrogen-bond donors (Lipinski definition) is 0. The largest absolute Gasteiger partial charge is 0.368 e. The van der Waals surface area contributed by atoms with Crippen LogP contribution in [0.3, 0.4) is 0 Å². The second kappa shape index (κ2) is 5.96. The first-order valence-electron chi connectivity index (χ1n) is 8.29. The zero-order valence-corrected chi connectivity index (χ0v) is 14.2. The second-order valence-corrected chi connectivity index (χ2v) is 7.39. The van der Waals surface area contributed by atoms with Crippen LogP contribution >= 0.6 is 11.3 Å². The van der Waals surface area contributed by atoms with E-state index >= 15 is 0 Å². The molecule has 1 aromatic carbocycles. The number of aryl methyl sites for hydroxylation is 1. The SMILES string of the molecule is Cc1nc(C2CC2)sc1C(=O)N1CCN(c2ccccc2)CC1. The van der Waals surface area contributed by atoms with E-state index in [0.717, 1.165) is 41.8 Å². The standard InChI is InChI=1S/C18H21N3OS/c1-13-16(23-17(19-13)14-7-8-14)18(22)21-11-9-20(10-12-21)15-5-3-2-4-6-15/h2-6,14H,7-12H2,1H3. The minimum Gasteiger partial charge on any atom is -0.368 e. The number of benzene rings is 1. The number of carbonyl (C=O) groups excluding carboxylic acids is 1. The monoisotopic (exact) mass is 327 g/mol. The van der Waals surface area contributed by atoms with Crippen LogP contribution in [0.4, 0.5) is 5.69 Å². The van der Waals surface area contributed by atoms with Crippen molar-refractivity contribution in [2.24, 2.45) is 0 Å². The predicted molar refractivity (Wildman–Crippen MR) is 93.4 cm³/mol. The Labute approximate surface area is 140 Å². The van der Waals surface area contributed by atoms with Gasteiger partial charge in [0, 0.05) is 37.8 Å². The Balaban J connectivity index is 1.43. The van der Waals surface area contributed by atoms with E-state index in [1.165, 1.54) is 18.5 Å². The lowest BCUT2D eigenvalue weighted by atomic mass is 10.2. The highest BCUT2D eigenvalue weighted by atomic mass is 32.1. The van der Waals surface area contributed by atoms with Crippen molar-refractivity contribution in [1.29, 1.82) is 0 Å². The lowest BCUT2D eigenvalue weighted by Gasteiger charge is -2.36. The molecule has 4 rings (SSSR count). The molecular formula is C18H21N3OS. The summed E-state index contributed by atoms with van der Waals surface area (Å²) in [5.41, 5.74) is 2.15. The third-order valence-electron chi connectivity index (χ3n) is 4.62. The number of hydrogen-bond acceptors (Lipinski definition) is 4. The lowest BCUT2D eigenvalue weighted by Crippen LogP contribution is -2.48. The average Bonchev–Trinajstić information content (AvgIpc) is 3.38. The maximum atomic E-state index is 12.8. The van der Waals surface area contributed by atoms with E-state index in [1.54, 1.807) is 11.3 Å². The molecular weight excluding hydrogens is 306 g/mol. The first kappa shape index (κ1) is 14.7. The smallest absolute Gasteiger partial charge is 0.265 e. The summed E-state index contributed by atoms with van der Waals surface area (Å²) in [5, 5.41) is 1.16. The molecule has 1 aliphatic carbocycles. The maximum Gasteiger partial charge on any atom is 0.265 e. The summed E-state index contributed by atoms with van der Waals surface area (Å²) in [4.78, 5) is 22.6. The van der Waals surface area contributed by atoms with Crippen LogP contribution in [0.15, 0.2) is 30.3 Å². The molecule has 2 heterocycles. The fourth-order valence-electron chi connectivity index (χ4n) is 3.07. The topological polar surface area (TPSA) is 36.4 Å². The van der Waals surface area contributed by atoms with Crippen molar-refractivity contribution in [3.05, 3.63) is 45.9 Å².